The molecule has 0 aliphatic heterocycles. The molecule has 7 heteroatoms. The Hall–Kier alpha value is -3.87. The van der Waals surface area contributed by atoms with Crippen LogP contribution in [0.4, 0.5) is 0 Å². The van der Waals surface area contributed by atoms with E-state index in [-0.39, 0.29) is 21.7 Å². The quantitative estimate of drug-likeness (QED) is 0.206. The van der Waals surface area contributed by atoms with E-state index in [4.69, 9.17) is 15.3 Å². The Morgan fingerprint density at radius 3 is 1.36 bits per heavy atom. The second-order valence-corrected chi connectivity index (χ2v) is 9.98. The molecule has 0 fully saturated rings. The number of allylic oxidation sites excluding steroid dienone is 4. The molecule has 218 valence electrons. The summed E-state index contributed by atoms with van der Waals surface area (Å²) < 4.78 is 0. The molecule has 3 aromatic rings. The largest absolute Gasteiger partial charge is 0.478 e. The number of hydrogen-bond acceptors (Lipinski definition) is 3. The van der Waals surface area contributed by atoms with Crippen molar-refractivity contribution < 1.29 is 51.4 Å². The molecular weight excluding hydrogens is 564 g/mol. The molecule has 3 aromatic carbocycles. The summed E-state index contributed by atoms with van der Waals surface area (Å²) >= 11 is 0. The molecule has 0 saturated heterocycles. The van der Waals surface area contributed by atoms with E-state index in [9.17, 15) is 14.4 Å². The average molecular weight is 602 g/mol. The molecule has 6 nitrogen and oxygen atoms in total. The van der Waals surface area contributed by atoms with Crippen molar-refractivity contribution in [1.29, 1.82) is 0 Å². The van der Waals surface area contributed by atoms with Gasteiger partial charge in [0.25, 0.3) is 0 Å². The number of aromatic carboxylic acids is 3. The van der Waals surface area contributed by atoms with E-state index < -0.39 is 17.9 Å². The molecule has 6 rings (SSSR count). The van der Waals surface area contributed by atoms with E-state index in [2.05, 4.69) is 13.3 Å². The van der Waals surface area contributed by atoms with Crippen LogP contribution in [0.25, 0.3) is 0 Å². The van der Waals surface area contributed by atoms with Crippen LogP contribution in [0, 0.1) is 12.3 Å². The first-order valence-corrected chi connectivity index (χ1v) is 13.9. The SMILES string of the molecule is CC1C2=C(CCC[CH-]2)C2=C1CCCC2.O=C(O)c1ccccc1.O=C(O)c1ccccc1.O=C(O)c1ccccc1.[Ti]. The van der Waals surface area contributed by atoms with Crippen molar-refractivity contribution >= 4 is 17.9 Å². The van der Waals surface area contributed by atoms with Crippen LogP contribution in [0.15, 0.2) is 113 Å². The Bertz CT molecular complexity index is 1210. The average Bonchev–Trinajstić information content (AvgIpc) is 3.31. The number of benzene rings is 3. The number of carbonyl (C=O) groups is 3. The number of carboxylic acids is 3. The zero-order valence-corrected chi connectivity index (χ0v) is 25.4. The number of rotatable bonds is 3. The van der Waals surface area contributed by atoms with E-state index >= 15 is 0 Å². The summed E-state index contributed by atoms with van der Waals surface area (Å²) in [6.45, 7) is 2.42. The smallest absolute Gasteiger partial charge is 0.335 e. The number of carboxylic acid groups (broad SMARTS) is 3. The summed E-state index contributed by atoms with van der Waals surface area (Å²) in [5.74, 6) is -1.86. The Balaban J connectivity index is 0.000000199. The topological polar surface area (TPSA) is 112 Å². The van der Waals surface area contributed by atoms with Crippen LogP contribution in [-0.4, -0.2) is 33.2 Å². The number of hydrogen-bond donors (Lipinski definition) is 3. The molecule has 0 spiro atoms. The minimum atomic E-state index is -0.879. The Kier molecular flexibility index (Phi) is 14.6. The van der Waals surface area contributed by atoms with E-state index in [1.807, 2.05) is 0 Å². The Labute approximate surface area is 262 Å². The number of fused-ring (bicyclic) bond motifs is 1. The fourth-order valence-corrected chi connectivity index (χ4v) is 5.25. The van der Waals surface area contributed by atoms with Crippen LogP contribution in [0.1, 0.15) is 82.9 Å². The van der Waals surface area contributed by atoms with Crippen LogP contribution in [0.2, 0.25) is 0 Å². The molecular formula is C35H37O6Ti-. The standard InChI is InChI=1S/C14H19.3C7H6O2.Ti/c1-10-11-6-2-4-8-13(11)14-9-5-3-7-12(10)14;3*8-7(9)6-4-2-1-3-5-6;/h6,10H,2-5,7-9H2,1H3;3*1-5H,(H,8,9);/q-1;;;;. The molecule has 0 saturated carbocycles. The van der Waals surface area contributed by atoms with Crippen molar-refractivity contribution in [3.05, 3.63) is 136 Å². The van der Waals surface area contributed by atoms with Gasteiger partial charge in [0, 0.05) is 21.7 Å². The van der Waals surface area contributed by atoms with E-state index in [0.717, 1.165) is 5.92 Å². The van der Waals surface area contributed by atoms with Crippen LogP contribution in [0.5, 0.6) is 0 Å². The fraction of sp³-hybridized carbons (Fsp3) is 0.257. The van der Waals surface area contributed by atoms with Gasteiger partial charge in [-0.15, -0.1) is 12.0 Å². The van der Waals surface area contributed by atoms with E-state index in [1.165, 1.54) is 44.9 Å². The van der Waals surface area contributed by atoms with Gasteiger partial charge in [-0.1, -0.05) is 86.4 Å². The Morgan fingerprint density at radius 1 is 0.595 bits per heavy atom. The summed E-state index contributed by atoms with van der Waals surface area (Å²) in [5.41, 5.74) is 8.06. The van der Waals surface area contributed by atoms with Crippen molar-refractivity contribution in [1.82, 2.24) is 0 Å². The van der Waals surface area contributed by atoms with Crippen LogP contribution >= 0.6 is 0 Å². The third-order valence-electron chi connectivity index (χ3n) is 7.27. The van der Waals surface area contributed by atoms with Crippen LogP contribution < -0.4 is 0 Å². The summed E-state index contributed by atoms with van der Waals surface area (Å²) in [5, 5.41) is 25.2. The molecule has 1 unspecified atom stereocenters. The van der Waals surface area contributed by atoms with Crippen LogP contribution in [-0.2, 0) is 21.7 Å². The van der Waals surface area contributed by atoms with Gasteiger partial charge in [-0.3, -0.25) is 0 Å². The summed E-state index contributed by atoms with van der Waals surface area (Å²) in [4.78, 5) is 30.6. The third kappa shape index (κ3) is 10.2. The van der Waals surface area contributed by atoms with Crippen molar-refractivity contribution in [2.24, 2.45) is 5.92 Å². The van der Waals surface area contributed by atoms with Crippen molar-refractivity contribution in [2.75, 3.05) is 0 Å². The molecule has 1 atom stereocenters. The monoisotopic (exact) mass is 601 g/mol. The van der Waals surface area contributed by atoms with Gasteiger partial charge in [-0.25, -0.2) is 26.4 Å². The van der Waals surface area contributed by atoms with Crippen molar-refractivity contribution in [3.8, 4) is 0 Å². The first kappa shape index (κ1) is 34.3. The normalized spacial score (nSPS) is 16.2. The zero-order valence-electron chi connectivity index (χ0n) is 23.8. The van der Waals surface area contributed by atoms with Gasteiger partial charge in [0.15, 0.2) is 0 Å². The molecule has 0 bridgehead atoms. The molecule has 0 amide bonds. The summed E-state index contributed by atoms with van der Waals surface area (Å²) in [6.07, 6.45) is 12.2. The second-order valence-electron chi connectivity index (χ2n) is 9.98. The molecule has 42 heavy (non-hydrogen) atoms. The maximum absolute atomic E-state index is 10.2. The van der Waals surface area contributed by atoms with Crippen molar-refractivity contribution in [2.45, 2.75) is 51.9 Å². The van der Waals surface area contributed by atoms with Crippen LogP contribution in [0.3, 0.4) is 0 Å². The van der Waals surface area contributed by atoms with Gasteiger partial charge < -0.3 is 15.3 Å². The molecule has 0 aromatic heterocycles. The van der Waals surface area contributed by atoms with Gasteiger partial charge in [-0.2, -0.15) is 5.57 Å². The molecule has 0 heterocycles. The van der Waals surface area contributed by atoms with E-state index in [0.29, 0.717) is 16.7 Å². The van der Waals surface area contributed by atoms with Gasteiger partial charge >= 0.3 is 17.9 Å². The first-order chi connectivity index (χ1) is 19.8. The molecule has 3 aliphatic carbocycles. The van der Waals surface area contributed by atoms with E-state index in [1.54, 1.807) is 113 Å². The maximum Gasteiger partial charge on any atom is 0.335 e. The predicted molar refractivity (Wildman–Crippen MR) is 160 cm³/mol. The summed E-state index contributed by atoms with van der Waals surface area (Å²) in [6, 6.07) is 24.9. The van der Waals surface area contributed by atoms with Gasteiger partial charge in [-0.05, 0) is 61.6 Å². The zero-order chi connectivity index (χ0) is 29.6. The fourth-order valence-electron chi connectivity index (χ4n) is 5.25. The van der Waals surface area contributed by atoms with Gasteiger partial charge in [0.2, 0.25) is 0 Å². The minimum Gasteiger partial charge on any atom is -0.478 e. The molecule has 3 aliphatic rings. The van der Waals surface area contributed by atoms with Gasteiger partial charge in [0.05, 0.1) is 16.7 Å². The summed E-state index contributed by atoms with van der Waals surface area (Å²) in [7, 11) is 0. The van der Waals surface area contributed by atoms with Crippen molar-refractivity contribution in [3.63, 3.8) is 0 Å². The minimum absolute atomic E-state index is 0. The maximum atomic E-state index is 10.2. The molecule has 0 radical (unpaired) electrons. The molecule has 3 N–H and O–H groups in total. The second kappa shape index (κ2) is 17.8. The predicted octanol–water partition coefficient (Wildman–Crippen LogP) is 8.34. The van der Waals surface area contributed by atoms with Gasteiger partial charge in [0.1, 0.15) is 0 Å². The third-order valence-corrected chi connectivity index (χ3v) is 7.27. The Morgan fingerprint density at radius 2 is 0.976 bits per heavy atom. The first-order valence-electron chi connectivity index (χ1n) is 13.9.